The average molecular weight is 1050 g/mol. The minimum absolute atomic E-state index is 0.0152. The van der Waals surface area contributed by atoms with Crippen molar-refractivity contribution in [1.29, 1.82) is 0 Å². The van der Waals surface area contributed by atoms with E-state index in [1.54, 1.807) is 5.57 Å². The van der Waals surface area contributed by atoms with Gasteiger partial charge in [0.25, 0.3) is 0 Å². The van der Waals surface area contributed by atoms with Crippen LogP contribution in [-0.2, 0) is 10.8 Å². The number of nitrogens with zero attached hydrogens (tertiary/aromatic N) is 2. The first-order chi connectivity index (χ1) is 40.1. The van der Waals surface area contributed by atoms with Gasteiger partial charge in [-0.05, 0) is 180 Å². The van der Waals surface area contributed by atoms with Gasteiger partial charge in [-0.3, -0.25) is 0 Å². The highest BCUT2D eigenvalue weighted by Crippen LogP contribution is 2.53. The minimum Gasteiger partial charge on any atom is -0.310 e. The Kier molecular flexibility index (Phi) is 12.8. The maximum absolute atomic E-state index is 2.44. The van der Waals surface area contributed by atoms with Gasteiger partial charge in [-0.1, -0.05) is 252 Å². The van der Waals surface area contributed by atoms with Gasteiger partial charge >= 0.3 is 0 Å². The predicted octanol–water partition coefficient (Wildman–Crippen LogP) is 22.2. The van der Waals surface area contributed by atoms with Crippen LogP contribution in [0.2, 0.25) is 0 Å². The molecule has 0 fully saturated rings. The smallest absolute Gasteiger partial charge is 0.0465 e. The lowest BCUT2D eigenvalue weighted by Crippen LogP contribution is -2.18. The molecular formula is C80H64N2. The molecule has 0 bridgehead atoms. The Hall–Kier alpha value is -9.76. The molecule has 82 heavy (non-hydrogen) atoms. The van der Waals surface area contributed by atoms with E-state index in [1.807, 2.05) is 0 Å². The largest absolute Gasteiger partial charge is 0.310 e. The van der Waals surface area contributed by atoms with E-state index in [4.69, 9.17) is 0 Å². The third kappa shape index (κ3) is 9.21. The summed E-state index contributed by atoms with van der Waals surface area (Å²) in [6, 6.07) is 98.1. The van der Waals surface area contributed by atoms with Gasteiger partial charge in [0, 0.05) is 45.0 Å². The summed E-state index contributed by atoms with van der Waals surface area (Å²) in [7, 11) is 0. The van der Waals surface area contributed by atoms with Crippen molar-refractivity contribution < 1.29 is 0 Å². The van der Waals surface area contributed by atoms with E-state index >= 15 is 0 Å². The SMILES string of the molecule is CC1(C)C2=C(C=CCC2)c2ccc(N(c3ccc(-c4ccccc4)cc3)c3ccc(-c4ccc(/C=C/c5ccc(-c6ccc(N(c7ccc(-c8ccccc8)cc7)c7ccc8c(c7)C(C)(C)c7ccccc7-8)cc6)cc5)cc4)cc3)cc21. The molecule has 11 aromatic rings. The quantitative estimate of drug-likeness (QED) is 0.113. The highest BCUT2D eigenvalue weighted by Gasteiger charge is 2.38. The average Bonchev–Trinajstić information content (AvgIpc) is 4.11. The van der Waals surface area contributed by atoms with Crippen LogP contribution in [0.15, 0.2) is 285 Å². The zero-order valence-electron chi connectivity index (χ0n) is 47.0. The number of rotatable bonds is 12. The molecule has 0 saturated carbocycles. The Morgan fingerprint density at radius 1 is 0.305 bits per heavy atom. The number of hydrogen-bond donors (Lipinski definition) is 0. The summed E-state index contributed by atoms with van der Waals surface area (Å²) in [6.07, 6.45) is 11.3. The molecular weight excluding hydrogens is 989 g/mol. The van der Waals surface area contributed by atoms with Gasteiger partial charge in [0.2, 0.25) is 0 Å². The maximum Gasteiger partial charge on any atom is 0.0465 e. The standard InChI is InChI=1S/C80H64N2/c1-79(2)75-21-13-11-19-71(75)73-51-49-69(53-77(73)79)81(65-41-33-61(34-42-65)57-15-7-5-8-16-57)67-45-37-63(38-46-67)59-29-25-55(26-30-59)23-24-56-27-31-60(32-28-56)64-39-47-68(48-40-64)82(66-43-35-62(36-44-66)58-17-9-6-10-18-58)70-50-52-74-72-20-12-14-22-76(72)80(3,4)78(74)54-70/h5-13,15-21,23-54H,14,22H2,1-4H3/b24-23+. The number of allylic oxidation sites excluding steroid dienone is 4. The van der Waals surface area contributed by atoms with Gasteiger partial charge in [-0.2, -0.15) is 0 Å². The zero-order chi connectivity index (χ0) is 55.4. The fourth-order valence-electron chi connectivity index (χ4n) is 13.1. The summed E-state index contributed by atoms with van der Waals surface area (Å²) in [6.45, 7) is 9.51. The first-order valence-electron chi connectivity index (χ1n) is 28.9. The van der Waals surface area contributed by atoms with Crippen molar-refractivity contribution in [2.45, 2.75) is 51.4 Å². The molecule has 11 aromatic carbocycles. The zero-order valence-corrected chi connectivity index (χ0v) is 47.0. The molecule has 2 heteroatoms. The molecule has 14 rings (SSSR count). The monoisotopic (exact) mass is 1050 g/mol. The van der Waals surface area contributed by atoms with Crippen LogP contribution in [0.4, 0.5) is 34.1 Å². The summed E-state index contributed by atoms with van der Waals surface area (Å²) in [5.74, 6) is 0. The molecule has 0 N–H and O–H groups in total. The number of fused-ring (bicyclic) bond motifs is 5. The Balaban J connectivity index is 0.687. The van der Waals surface area contributed by atoms with Crippen molar-refractivity contribution in [2.75, 3.05) is 9.80 Å². The van der Waals surface area contributed by atoms with Crippen LogP contribution >= 0.6 is 0 Å². The van der Waals surface area contributed by atoms with Crippen molar-refractivity contribution in [3.05, 3.63) is 318 Å². The molecule has 0 unspecified atom stereocenters. The van der Waals surface area contributed by atoms with Crippen molar-refractivity contribution >= 4 is 51.8 Å². The Labute approximate surface area is 484 Å². The first kappa shape index (κ1) is 50.5. The second-order valence-corrected chi connectivity index (χ2v) is 23.3. The van der Waals surface area contributed by atoms with Crippen LogP contribution in [0.3, 0.4) is 0 Å². The van der Waals surface area contributed by atoms with Crippen LogP contribution in [0, 0.1) is 0 Å². The molecule has 0 amide bonds. The molecule has 394 valence electrons. The normalized spacial score (nSPS) is 14.3. The predicted molar refractivity (Wildman–Crippen MR) is 349 cm³/mol. The van der Waals surface area contributed by atoms with Crippen LogP contribution < -0.4 is 9.80 Å². The number of hydrogen-bond acceptors (Lipinski definition) is 2. The second kappa shape index (κ2) is 20.7. The van der Waals surface area contributed by atoms with Crippen molar-refractivity contribution in [3.8, 4) is 55.6 Å². The molecule has 0 heterocycles. The fraction of sp³-hybridized carbons (Fsp3) is 0.100. The molecule has 0 atom stereocenters. The van der Waals surface area contributed by atoms with Gasteiger partial charge in [0.05, 0.1) is 0 Å². The van der Waals surface area contributed by atoms with E-state index in [-0.39, 0.29) is 10.8 Å². The molecule has 0 aromatic heterocycles. The summed E-state index contributed by atoms with van der Waals surface area (Å²) in [5.41, 5.74) is 29.7. The molecule has 3 aliphatic carbocycles. The molecule has 0 saturated heterocycles. The fourth-order valence-corrected chi connectivity index (χ4v) is 13.1. The van der Waals surface area contributed by atoms with Crippen LogP contribution in [-0.4, -0.2) is 0 Å². The highest BCUT2D eigenvalue weighted by atomic mass is 15.1. The topological polar surface area (TPSA) is 6.48 Å². The lowest BCUT2D eigenvalue weighted by Gasteiger charge is -2.29. The van der Waals surface area contributed by atoms with E-state index in [2.05, 4.69) is 329 Å². The van der Waals surface area contributed by atoms with Crippen molar-refractivity contribution in [2.24, 2.45) is 0 Å². The minimum atomic E-state index is -0.101. The van der Waals surface area contributed by atoms with Crippen molar-refractivity contribution in [3.63, 3.8) is 0 Å². The summed E-state index contributed by atoms with van der Waals surface area (Å²) in [5, 5.41) is 0. The van der Waals surface area contributed by atoms with E-state index in [0.717, 1.165) is 52.4 Å². The van der Waals surface area contributed by atoms with Gasteiger partial charge in [0.15, 0.2) is 0 Å². The molecule has 0 spiro atoms. The second-order valence-electron chi connectivity index (χ2n) is 23.3. The van der Waals surface area contributed by atoms with E-state index in [9.17, 15) is 0 Å². The van der Waals surface area contributed by atoms with Gasteiger partial charge in [0.1, 0.15) is 0 Å². The highest BCUT2D eigenvalue weighted by molar-refractivity contribution is 5.91. The third-order valence-corrected chi connectivity index (χ3v) is 17.6. The molecule has 2 nitrogen and oxygen atoms in total. The van der Waals surface area contributed by atoms with E-state index < -0.39 is 0 Å². The number of anilines is 6. The van der Waals surface area contributed by atoms with Crippen LogP contribution in [0.1, 0.15) is 73.9 Å². The van der Waals surface area contributed by atoms with Crippen molar-refractivity contribution in [1.82, 2.24) is 0 Å². The van der Waals surface area contributed by atoms with Gasteiger partial charge in [-0.15, -0.1) is 0 Å². The lowest BCUT2D eigenvalue weighted by atomic mass is 9.78. The van der Waals surface area contributed by atoms with Crippen LogP contribution in [0.5, 0.6) is 0 Å². The summed E-state index contributed by atoms with van der Waals surface area (Å²) < 4.78 is 0. The molecule has 0 radical (unpaired) electrons. The Morgan fingerprint density at radius 2 is 0.646 bits per heavy atom. The third-order valence-electron chi connectivity index (χ3n) is 17.6. The van der Waals surface area contributed by atoms with Gasteiger partial charge < -0.3 is 9.80 Å². The summed E-state index contributed by atoms with van der Waals surface area (Å²) in [4.78, 5) is 4.81. The number of benzene rings is 11. The lowest BCUT2D eigenvalue weighted by molar-refractivity contribution is 0.607. The van der Waals surface area contributed by atoms with Gasteiger partial charge in [-0.25, -0.2) is 0 Å². The Morgan fingerprint density at radius 3 is 1.09 bits per heavy atom. The maximum atomic E-state index is 2.44. The van der Waals surface area contributed by atoms with Crippen LogP contribution in [0.25, 0.3) is 73.4 Å². The molecule has 0 aliphatic heterocycles. The summed E-state index contributed by atoms with van der Waals surface area (Å²) >= 11 is 0. The Bertz CT molecular complexity index is 4240. The van der Waals surface area contributed by atoms with E-state index in [1.165, 1.54) is 89.1 Å². The molecule has 3 aliphatic rings. The first-order valence-corrected chi connectivity index (χ1v) is 28.9. The van der Waals surface area contributed by atoms with E-state index in [0.29, 0.717) is 0 Å².